The molecule has 0 aliphatic carbocycles. The number of carbonyl (C=O) groups excluding carboxylic acids is 2. The normalized spacial score (nSPS) is 12.3. The van der Waals surface area contributed by atoms with Gasteiger partial charge in [0.05, 0.1) is 7.11 Å². The third-order valence-corrected chi connectivity index (χ3v) is 3.58. The quantitative estimate of drug-likeness (QED) is 0.644. The molecule has 0 fully saturated rings. The van der Waals surface area contributed by atoms with Gasteiger partial charge in [0.15, 0.2) is 11.4 Å². The third-order valence-electron chi connectivity index (χ3n) is 3.58. The maximum atomic E-state index is 12.8. The van der Waals surface area contributed by atoms with Crippen molar-refractivity contribution in [2.75, 3.05) is 21.3 Å². The van der Waals surface area contributed by atoms with Crippen LogP contribution in [-0.4, -0.2) is 38.2 Å². The predicted octanol–water partition coefficient (Wildman–Crippen LogP) is 2.97. The summed E-state index contributed by atoms with van der Waals surface area (Å²) in [6.07, 6.45) is -0.0715. The number of carbonyl (C=O) groups is 2. The molecule has 2 aromatic rings. The first-order valence-electron chi connectivity index (χ1n) is 7.84. The van der Waals surface area contributed by atoms with Crippen molar-refractivity contribution in [3.05, 3.63) is 71.8 Å². The minimum atomic E-state index is -1.75. The second kappa shape index (κ2) is 10.4. The lowest BCUT2D eigenvalue weighted by atomic mass is 9.82. The van der Waals surface area contributed by atoms with E-state index >= 15 is 0 Å². The van der Waals surface area contributed by atoms with Gasteiger partial charge in [-0.15, -0.1) is 0 Å². The van der Waals surface area contributed by atoms with Crippen LogP contribution in [0.5, 0.6) is 0 Å². The van der Waals surface area contributed by atoms with E-state index in [9.17, 15) is 14.7 Å². The van der Waals surface area contributed by atoms with Gasteiger partial charge in [0, 0.05) is 26.2 Å². The number of ether oxygens (including phenoxy) is 2. The molecular formula is C20H24O5. The Morgan fingerprint density at radius 1 is 0.920 bits per heavy atom. The number of hydrogen-bond acceptors (Lipinski definition) is 5. The van der Waals surface area contributed by atoms with Gasteiger partial charge < -0.3 is 14.6 Å². The molecule has 0 aromatic heterocycles. The summed E-state index contributed by atoms with van der Waals surface area (Å²) in [7, 11) is 4.53. The van der Waals surface area contributed by atoms with Crippen LogP contribution in [0.4, 0.5) is 0 Å². The third kappa shape index (κ3) is 5.81. The molecule has 1 atom stereocenters. The molecular weight excluding hydrogens is 320 g/mol. The van der Waals surface area contributed by atoms with Crippen LogP contribution < -0.4 is 0 Å². The summed E-state index contributed by atoms with van der Waals surface area (Å²) in [5.74, 6) is -0.890. The molecule has 0 saturated heterocycles. The minimum absolute atomic E-state index is 0.0303. The lowest BCUT2D eigenvalue weighted by Crippen LogP contribution is -2.36. The molecule has 2 aromatic carbocycles. The van der Waals surface area contributed by atoms with Crippen LogP contribution in [0, 0.1) is 0 Å². The van der Waals surface area contributed by atoms with E-state index in [0.29, 0.717) is 11.1 Å². The second-order valence-electron chi connectivity index (χ2n) is 5.41. The maximum Gasteiger partial charge on any atom is 0.305 e. The molecule has 0 radical (unpaired) electrons. The van der Waals surface area contributed by atoms with E-state index in [1.54, 1.807) is 74.9 Å². The van der Waals surface area contributed by atoms with E-state index in [0.717, 1.165) is 0 Å². The van der Waals surface area contributed by atoms with Crippen LogP contribution in [0.1, 0.15) is 28.8 Å². The highest BCUT2D eigenvalue weighted by molar-refractivity contribution is 6.03. The summed E-state index contributed by atoms with van der Waals surface area (Å²) in [6, 6.07) is 17.2. The first kappa shape index (κ1) is 20.5. The van der Waals surface area contributed by atoms with Crippen molar-refractivity contribution >= 4 is 11.8 Å². The average Bonchev–Trinajstić information content (AvgIpc) is 2.67. The number of esters is 1. The van der Waals surface area contributed by atoms with Gasteiger partial charge in [-0.3, -0.25) is 9.59 Å². The highest BCUT2D eigenvalue weighted by Gasteiger charge is 2.38. The van der Waals surface area contributed by atoms with Gasteiger partial charge in [0.2, 0.25) is 0 Å². The van der Waals surface area contributed by atoms with Gasteiger partial charge in [-0.1, -0.05) is 60.7 Å². The van der Waals surface area contributed by atoms with E-state index in [1.807, 2.05) is 0 Å². The smallest absolute Gasteiger partial charge is 0.305 e. The van der Waals surface area contributed by atoms with Crippen molar-refractivity contribution in [2.45, 2.75) is 18.4 Å². The van der Waals surface area contributed by atoms with Crippen molar-refractivity contribution in [1.82, 2.24) is 0 Å². The Labute approximate surface area is 148 Å². The molecule has 0 aliphatic heterocycles. The fraction of sp³-hybridized carbons (Fsp3) is 0.300. The molecule has 0 aliphatic rings. The summed E-state index contributed by atoms with van der Waals surface area (Å²) >= 11 is 0. The van der Waals surface area contributed by atoms with Crippen LogP contribution >= 0.6 is 0 Å². The number of aliphatic hydroxyl groups is 1. The summed E-state index contributed by atoms with van der Waals surface area (Å²) < 4.78 is 8.86. The van der Waals surface area contributed by atoms with Crippen molar-refractivity contribution in [2.24, 2.45) is 0 Å². The largest absolute Gasteiger partial charge is 0.469 e. The number of benzene rings is 2. The predicted molar refractivity (Wildman–Crippen MR) is 95.3 cm³/mol. The molecule has 0 heterocycles. The molecule has 5 nitrogen and oxygen atoms in total. The van der Waals surface area contributed by atoms with Crippen LogP contribution in [0.3, 0.4) is 0 Å². The monoisotopic (exact) mass is 344 g/mol. The highest BCUT2D eigenvalue weighted by atomic mass is 16.5. The first-order valence-corrected chi connectivity index (χ1v) is 7.84. The summed E-state index contributed by atoms with van der Waals surface area (Å²) in [5.41, 5.74) is -0.886. The van der Waals surface area contributed by atoms with E-state index in [-0.39, 0.29) is 12.8 Å². The van der Waals surface area contributed by atoms with Crippen LogP contribution in [-0.2, 0) is 19.9 Å². The van der Waals surface area contributed by atoms with Gasteiger partial charge in [-0.05, 0) is 12.0 Å². The van der Waals surface area contributed by atoms with Crippen molar-refractivity contribution < 1.29 is 24.2 Å². The lowest BCUT2D eigenvalue weighted by Gasteiger charge is -2.27. The highest BCUT2D eigenvalue weighted by Crippen LogP contribution is 2.30. The Hall–Kier alpha value is -2.50. The fourth-order valence-corrected chi connectivity index (χ4v) is 2.32. The van der Waals surface area contributed by atoms with Gasteiger partial charge >= 0.3 is 5.97 Å². The molecule has 0 spiro atoms. The molecule has 0 saturated carbocycles. The average molecular weight is 344 g/mol. The number of ketones is 1. The summed E-state index contributed by atoms with van der Waals surface area (Å²) in [5, 5.41) is 11.0. The topological polar surface area (TPSA) is 72.8 Å². The number of hydrogen-bond donors (Lipinski definition) is 1. The Morgan fingerprint density at radius 3 is 1.88 bits per heavy atom. The van der Waals surface area contributed by atoms with Gasteiger partial charge in [-0.25, -0.2) is 0 Å². The van der Waals surface area contributed by atoms with E-state index in [1.165, 1.54) is 7.11 Å². The Morgan fingerprint density at radius 2 is 1.40 bits per heavy atom. The molecule has 0 bridgehead atoms. The number of rotatable bonds is 6. The molecule has 0 amide bonds. The lowest BCUT2D eigenvalue weighted by molar-refractivity contribution is -0.141. The molecule has 1 N–H and O–H groups in total. The minimum Gasteiger partial charge on any atom is -0.469 e. The standard InChI is InChI=1S/C18H18O4.C2H6O/c1-22-16(19)12-13-18(21,15-10-6-3-7-11-15)17(20)14-8-4-2-5-9-14;1-3-2/h2-11,21H,12-13H2,1H3;1-2H3. The van der Waals surface area contributed by atoms with Crippen LogP contribution in [0.15, 0.2) is 60.7 Å². The van der Waals surface area contributed by atoms with E-state index in [4.69, 9.17) is 0 Å². The molecule has 5 heteroatoms. The number of methoxy groups -OCH3 is 2. The summed E-state index contributed by atoms with van der Waals surface area (Å²) in [6.45, 7) is 0. The van der Waals surface area contributed by atoms with Gasteiger partial charge in [0.25, 0.3) is 0 Å². The maximum absolute atomic E-state index is 12.8. The van der Waals surface area contributed by atoms with Crippen molar-refractivity contribution in [3.8, 4) is 0 Å². The van der Waals surface area contributed by atoms with Gasteiger partial charge in [0.1, 0.15) is 0 Å². The molecule has 1 unspecified atom stereocenters. The van der Waals surface area contributed by atoms with Crippen molar-refractivity contribution in [1.29, 1.82) is 0 Å². The Balaban J connectivity index is 0.000000970. The van der Waals surface area contributed by atoms with E-state index < -0.39 is 17.4 Å². The zero-order valence-electron chi connectivity index (χ0n) is 14.8. The number of Topliss-reactive ketones (excluding diaryl/α,β-unsaturated/α-hetero) is 1. The van der Waals surface area contributed by atoms with E-state index in [2.05, 4.69) is 9.47 Å². The molecule has 25 heavy (non-hydrogen) atoms. The molecule has 134 valence electrons. The Bertz CT molecular complexity index is 654. The first-order chi connectivity index (χ1) is 12.0. The van der Waals surface area contributed by atoms with Crippen LogP contribution in [0.25, 0.3) is 0 Å². The van der Waals surface area contributed by atoms with Gasteiger partial charge in [-0.2, -0.15) is 0 Å². The zero-order chi connectivity index (χ0) is 18.7. The van der Waals surface area contributed by atoms with Crippen LogP contribution in [0.2, 0.25) is 0 Å². The zero-order valence-corrected chi connectivity index (χ0v) is 14.8. The fourth-order valence-electron chi connectivity index (χ4n) is 2.32. The Kier molecular flexibility index (Phi) is 8.53. The second-order valence-corrected chi connectivity index (χ2v) is 5.41. The van der Waals surface area contributed by atoms with Crippen molar-refractivity contribution in [3.63, 3.8) is 0 Å². The SMILES string of the molecule is COC.COC(=O)CCC(O)(C(=O)c1ccccc1)c1ccccc1. The molecule has 2 rings (SSSR count). The summed E-state index contributed by atoms with van der Waals surface area (Å²) in [4.78, 5) is 24.2.